The van der Waals surface area contributed by atoms with Crippen LogP contribution in [0.5, 0.6) is 0 Å². The van der Waals surface area contributed by atoms with Crippen molar-refractivity contribution in [2.45, 2.75) is 13.5 Å². The second-order valence-corrected chi connectivity index (χ2v) is 4.46. The summed E-state index contributed by atoms with van der Waals surface area (Å²) in [7, 11) is 0. The first-order chi connectivity index (χ1) is 8.84. The minimum absolute atomic E-state index is 0.927. The summed E-state index contributed by atoms with van der Waals surface area (Å²) in [5.41, 5.74) is 3.81. The van der Waals surface area contributed by atoms with Gasteiger partial charge in [0, 0.05) is 25.3 Å². The summed E-state index contributed by atoms with van der Waals surface area (Å²) in [6.45, 7) is 4.94. The number of benzene rings is 2. The molecular formula is C16H20N2. The van der Waals surface area contributed by atoms with Gasteiger partial charge in [0.05, 0.1) is 0 Å². The van der Waals surface area contributed by atoms with E-state index in [2.05, 4.69) is 66.1 Å². The highest BCUT2D eigenvalue weighted by molar-refractivity contribution is 5.45. The summed E-state index contributed by atoms with van der Waals surface area (Å²) in [5.74, 6) is 0. The van der Waals surface area contributed by atoms with Crippen molar-refractivity contribution in [3.05, 3.63) is 65.7 Å². The van der Waals surface area contributed by atoms with Gasteiger partial charge in [0.1, 0.15) is 0 Å². The molecule has 2 nitrogen and oxygen atoms in total. The van der Waals surface area contributed by atoms with Crippen LogP contribution in [-0.2, 0) is 6.54 Å². The van der Waals surface area contributed by atoms with E-state index in [0.717, 1.165) is 19.6 Å². The average molecular weight is 240 g/mol. The normalized spacial score (nSPS) is 10.3. The molecule has 94 valence electrons. The van der Waals surface area contributed by atoms with Gasteiger partial charge in [-0.1, -0.05) is 42.5 Å². The molecule has 0 unspecified atom stereocenters. The fourth-order valence-corrected chi connectivity index (χ4v) is 1.88. The zero-order valence-corrected chi connectivity index (χ0v) is 10.8. The fraction of sp³-hybridized carbons (Fsp3) is 0.250. The minimum Gasteiger partial charge on any atom is -0.384 e. The van der Waals surface area contributed by atoms with Crippen LogP contribution >= 0.6 is 0 Å². The molecule has 0 aromatic heterocycles. The Hall–Kier alpha value is -1.80. The van der Waals surface area contributed by atoms with Crippen molar-refractivity contribution >= 4 is 5.69 Å². The van der Waals surface area contributed by atoms with Gasteiger partial charge in [0.2, 0.25) is 0 Å². The van der Waals surface area contributed by atoms with Gasteiger partial charge in [-0.2, -0.15) is 0 Å². The Bertz CT molecular complexity index is 466. The van der Waals surface area contributed by atoms with Crippen molar-refractivity contribution in [2.75, 3.05) is 18.4 Å². The minimum atomic E-state index is 0.927. The van der Waals surface area contributed by atoms with Crippen LogP contribution < -0.4 is 10.6 Å². The lowest BCUT2D eigenvalue weighted by molar-refractivity contribution is 0.707. The lowest BCUT2D eigenvalue weighted by Crippen LogP contribution is -2.21. The van der Waals surface area contributed by atoms with Gasteiger partial charge in [0.25, 0.3) is 0 Å². The van der Waals surface area contributed by atoms with Crippen molar-refractivity contribution in [2.24, 2.45) is 0 Å². The number of hydrogen-bond donors (Lipinski definition) is 2. The molecule has 2 N–H and O–H groups in total. The van der Waals surface area contributed by atoms with E-state index in [9.17, 15) is 0 Å². The maximum absolute atomic E-state index is 3.42. The predicted molar refractivity (Wildman–Crippen MR) is 77.8 cm³/mol. The van der Waals surface area contributed by atoms with Crippen molar-refractivity contribution in [1.82, 2.24) is 5.32 Å². The van der Waals surface area contributed by atoms with E-state index < -0.39 is 0 Å². The molecule has 18 heavy (non-hydrogen) atoms. The van der Waals surface area contributed by atoms with Gasteiger partial charge >= 0.3 is 0 Å². The van der Waals surface area contributed by atoms with Crippen molar-refractivity contribution in [3.8, 4) is 0 Å². The van der Waals surface area contributed by atoms with Crippen LogP contribution in [0.15, 0.2) is 54.6 Å². The molecule has 0 saturated heterocycles. The zero-order valence-electron chi connectivity index (χ0n) is 10.8. The van der Waals surface area contributed by atoms with Crippen LogP contribution in [-0.4, -0.2) is 13.1 Å². The van der Waals surface area contributed by atoms with Crippen LogP contribution in [0, 0.1) is 6.92 Å². The van der Waals surface area contributed by atoms with Crippen LogP contribution in [0.3, 0.4) is 0 Å². The van der Waals surface area contributed by atoms with Crippen LogP contribution in [0.2, 0.25) is 0 Å². The highest BCUT2D eigenvalue weighted by Gasteiger charge is 1.93. The lowest BCUT2D eigenvalue weighted by atomic mass is 10.2. The Morgan fingerprint density at radius 2 is 1.72 bits per heavy atom. The van der Waals surface area contributed by atoms with Crippen molar-refractivity contribution < 1.29 is 0 Å². The second-order valence-electron chi connectivity index (χ2n) is 4.46. The number of aryl methyl sites for hydroxylation is 1. The van der Waals surface area contributed by atoms with E-state index in [-0.39, 0.29) is 0 Å². The van der Waals surface area contributed by atoms with Gasteiger partial charge in [0.15, 0.2) is 0 Å². The predicted octanol–water partition coefficient (Wildman–Crippen LogP) is 3.20. The molecule has 0 atom stereocenters. The quantitative estimate of drug-likeness (QED) is 0.758. The summed E-state index contributed by atoms with van der Waals surface area (Å²) in [6.07, 6.45) is 0. The Balaban J connectivity index is 1.65. The molecule has 2 rings (SSSR count). The third-order valence-electron chi connectivity index (χ3n) is 2.82. The SMILES string of the molecule is Cc1cccc(NCCNCc2ccccc2)c1. The second kappa shape index (κ2) is 6.82. The number of anilines is 1. The molecule has 0 saturated carbocycles. The molecule has 2 aromatic carbocycles. The molecule has 0 bridgehead atoms. The summed E-state index contributed by atoms with van der Waals surface area (Å²) in [5, 5.41) is 6.83. The summed E-state index contributed by atoms with van der Waals surface area (Å²) >= 11 is 0. The topological polar surface area (TPSA) is 24.1 Å². The molecule has 0 heterocycles. The molecule has 0 aliphatic heterocycles. The zero-order chi connectivity index (χ0) is 12.6. The molecule has 2 heteroatoms. The third kappa shape index (κ3) is 4.22. The maximum atomic E-state index is 3.42. The lowest BCUT2D eigenvalue weighted by Gasteiger charge is -2.08. The highest BCUT2D eigenvalue weighted by atomic mass is 14.9. The largest absolute Gasteiger partial charge is 0.384 e. The Labute approximate surface area is 109 Å². The first-order valence-corrected chi connectivity index (χ1v) is 6.40. The molecule has 0 aliphatic rings. The molecule has 2 aromatic rings. The van der Waals surface area contributed by atoms with E-state index >= 15 is 0 Å². The standard InChI is InChI=1S/C16H20N2/c1-14-6-5-9-16(12-14)18-11-10-17-13-15-7-3-2-4-8-15/h2-9,12,17-18H,10-11,13H2,1H3. The van der Waals surface area contributed by atoms with Gasteiger partial charge in [-0.3, -0.25) is 0 Å². The smallest absolute Gasteiger partial charge is 0.0343 e. The van der Waals surface area contributed by atoms with Crippen molar-refractivity contribution in [3.63, 3.8) is 0 Å². The Morgan fingerprint density at radius 1 is 0.889 bits per heavy atom. The van der Waals surface area contributed by atoms with Gasteiger partial charge in [-0.05, 0) is 30.2 Å². The third-order valence-corrected chi connectivity index (χ3v) is 2.82. The molecule has 0 radical (unpaired) electrons. The number of hydrogen-bond acceptors (Lipinski definition) is 2. The van der Waals surface area contributed by atoms with Gasteiger partial charge in [-0.25, -0.2) is 0 Å². The summed E-state index contributed by atoms with van der Waals surface area (Å²) in [6, 6.07) is 18.9. The summed E-state index contributed by atoms with van der Waals surface area (Å²) in [4.78, 5) is 0. The highest BCUT2D eigenvalue weighted by Crippen LogP contribution is 2.08. The van der Waals surface area contributed by atoms with E-state index in [1.54, 1.807) is 0 Å². The van der Waals surface area contributed by atoms with Crippen LogP contribution in [0.4, 0.5) is 5.69 Å². The average Bonchev–Trinajstić information content (AvgIpc) is 2.40. The van der Waals surface area contributed by atoms with Crippen molar-refractivity contribution in [1.29, 1.82) is 0 Å². The monoisotopic (exact) mass is 240 g/mol. The maximum Gasteiger partial charge on any atom is 0.0343 e. The number of nitrogens with one attached hydrogen (secondary N) is 2. The Kier molecular flexibility index (Phi) is 4.79. The fourth-order valence-electron chi connectivity index (χ4n) is 1.88. The number of rotatable bonds is 6. The molecule has 0 amide bonds. The van der Waals surface area contributed by atoms with E-state index in [0.29, 0.717) is 0 Å². The van der Waals surface area contributed by atoms with Crippen LogP contribution in [0.1, 0.15) is 11.1 Å². The van der Waals surface area contributed by atoms with Gasteiger partial charge < -0.3 is 10.6 Å². The van der Waals surface area contributed by atoms with E-state index in [1.165, 1.54) is 16.8 Å². The van der Waals surface area contributed by atoms with Crippen LogP contribution in [0.25, 0.3) is 0 Å². The first kappa shape index (κ1) is 12.7. The molecular weight excluding hydrogens is 220 g/mol. The molecule has 0 spiro atoms. The molecule has 0 aliphatic carbocycles. The molecule has 0 fully saturated rings. The summed E-state index contributed by atoms with van der Waals surface area (Å²) < 4.78 is 0. The van der Waals surface area contributed by atoms with E-state index in [4.69, 9.17) is 0 Å². The first-order valence-electron chi connectivity index (χ1n) is 6.40. The Morgan fingerprint density at radius 3 is 2.50 bits per heavy atom. The van der Waals surface area contributed by atoms with E-state index in [1.807, 2.05) is 6.07 Å². The van der Waals surface area contributed by atoms with Gasteiger partial charge in [-0.15, -0.1) is 0 Å².